The van der Waals surface area contributed by atoms with Crippen LogP contribution in [0.15, 0.2) is 28.9 Å². The Bertz CT molecular complexity index is 668. The van der Waals surface area contributed by atoms with Gasteiger partial charge in [0.1, 0.15) is 17.8 Å². The molecule has 2 rings (SSSR count). The molecule has 0 spiro atoms. The summed E-state index contributed by atoms with van der Waals surface area (Å²) < 4.78 is 18.7. The number of halogens is 2. The van der Waals surface area contributed by atoms with E-state index in [0.717, 1.165) is 6.20 Å². The van der Waals surface area contributed by atoms with Gasteiger partial charge in [-0.25, -0.2) is 9.37 Å². The third-order valence-electron chi connectivity index (χ3n) is 2.26. The topological polar surface area (TPSA) is 90.2 Å². The smallest absolute Gasteiger partial charge is 0.349 e. The quantitative estimate of drug-likeness (QED) is 0.678. The zero-order valence-electron chi connectivity index (χ0n) is 10.1. The van der Waals surface area contributed by atoms with E-state index in [0.29, 0.717) is 4.47 Å². The van der Waals surface area contributed by atoms with Gasteiger partial charge in [0.2, 0.25) is 5.95 Å². The van der Waals surface area contributed by atoms with Crippen molar-refractivity contribution in [1.29, 1.82) is 0 Å². The summed E-state index contributed by atoms with van der Waals surface area (Å²) in [5.74, 6) is -0.321. The lowest BCUT2D eigenvalue weighted by atomic mass is 10.3. The summed E-state index contributed by atoms with van der Waals surface area (Å²) in [5.41, 5.74) is -0.389. The van der Waals surface area contributed by atoms with Crippen LogP contribution in [0.3, 0.4) is 0 Å². The highest BCUT2D eigenvalue weighted by atomic mass is 79.9. The van der Waals surface area contributed by atoms with Gasteiger partial charge in [-0.2, -0.15) is 4.98 Å². The van der Waals surface area contributed by atoms with Gasteiger partial charge >= 0.3 is 11.6 Å². The highest BCUT2D eigenvalue weighted by molar-refractivity contribution is 9.10. The molecular formula is C11H8BrFN4O3. The fraction of sp³-hybridized carbons (Fsp3) is 0.0909. The van der Waals surface area contributed by atoms with Crippen LogP contribution in [0, 0.1) is 15.9 Å². The molecule has 0 fully saturated rings. The summed E-state index contributed by atoms with van der Waals surface area (Å²) in [6, 6.07) is 3.69. The number of anilines is 1. The number of nitro groups is 1. The molecule has 1 heterocycles. The second-order valence-corrected chi connectivity index (χ2v) is 4.42. The summed E-state index contributed by atoms with van der Waals surface area (Å²) in [6.45, 7) is 0. The minimum absolute atomic E-state index is 0.170. The number of benzene rings is 1. The Morgan fingerprint density at radius 3 is 2.85 bits per heavy atom. The standard InChI is InChI=1S/C11H8BrFN4O3/c1-14-11-15-5-8(17(18)19)10(16-11)20-9-3-2-6(13)4-7(9)12/h2-5H,1H3,(H,14,15,16). The minimum Gasteiger partial charge on any atom is -0.432 e. The van der Waals surface area contributed by atoms with Gasteiger partial charge in [0.05, 0.1) is 9.40 Å². The van der Waals surface area contributed by atoms with E-state index in [-0.39, 0.29) is 23.3 Å². The number of hydrogen-bond donors (Lipinski definition) is 1. The molecule has 1 aromatic carbocycles. The third kappa shape index (κ3) is 2.99. The highest BCUT2D eigenvalue weighted by Crippen LogP contribution is 2.33. The van der Waals surface area contributed by atoms with Crippen LogP contribution < -0.4 is 10.1 Å². The minimum atomic E-state index is -0.661. The fourth-order valence-electron chi connectivity index (χ4n) is 1.34. The average Bonchev–Trinajstić information content (AvgIpc) is 2.41. The molecular weight excluding hydrogens is 335 g/mol. The van der Waals surface area contributed by atoms with Crippen molar-refractivity contribution in [2.45, 2.75) is 0 Å². The second kappa shape index (κ2) is 5.78. The van der Waals surface area contributed by atoms with E-state index in [1.807, 2.05) is 0 Å². The van der Waals surface area contributed by atoms with Crippen molar-refractivity contribution in [3.63, 3.8) is 0 Å². The zero-order chi connectivity index (χ0) is 14.7. The second-order valence-electron chi connectivity index (χ2n) is 3.57. The first-order valence-corrected chi connectivity index (χ1v) is 6.12. The molecule has 1 aromatic heterocycles. The molecule has 1 N–H and O–H groups in total. The lowest BCUT2D eigenvalue weighted by Gasteiger charge is -2.08. The number of nitrogens with one attached hydrogen (secondary N) is 1. The van der Waals surface area contributed by atoms with Gasteiger partial charge in [-0.3, -0.25) is 10.1 Å². The Hall–Kier alpha value is -2.29. The van der Waals surface area contributed by atoms with Crippen molar-refractivity contribution in [2.24, 2.45) is 0 Å². The molecule has 7 nitrogen and oxygen atoms in total. The molecule has 104 valence electrons. The Balaban J connectivity index is 2.43. The molecule has 0 aliphatic carbocycles. The van der Waals surface area contributed by atoms with Crippen LogP contribution >= 0.6 is 15.9 Å². The Labute approximate surface area is 121 Å². The Morgan fingerprint density at radius 1 is 1.50 bits per heavy atom. The molecule has 9 heteroatoms. The van der Waals surface area contributed by atoms with Gasteiger partial charge in [-0.15, -0.1) is 0 Å². The maximum absolute atomic E-state index is 13.0. The largest absolute Gasteiger partial charge is 0.432 e. The lowest BCUT2D eigenvalue weighted by molar-refractivity contribution is -0.386. The summed E-state index contributed by atoms with van der Waals surface area (Å²) in [5, 5.41) is 13.6. The number of hydrogen-bond acceptors (Lipinski definition) is 6. The molecule has 0 saturated heterocycles. The summed E-state index contributed by atoms with van der Waals surface area (Å²) in [6.07, 6.45) is 1.03. The van der Waals surface area contributed by atoms with Crippen LogP contribution in [0.1, 0.15) is 0 Å². The molecule has 20 heavy (non-hydrogen) atoms. The number of nitrogens with zero attached hydrogens (tertiary/aromatic N) is 3. The van der Waals surface area contributed by atoms with Crippen molar-refractivity contribution in [2.75, 3.05) is 12.4 Å². The van der Waals surface area contributed by atoms with Gasteiger partial charge in [0.15, 0.2) is 0 Å². The molecule has 2 aromatic rings. The number of ether oxygens (including phenoxy) is 1. The maximum Gasteiger partial charge on any atom is 0.349 e. The molecule has 0 amide bonds. The zero-order valence-corrected chi connectivity index (χ0v) is 11.7. The van der Waals surface area contributed by atoms with Gasteiger partial charge in [0, 0.05) is 7.05 Å². The van der Waals surface area contributed by atoms with Crippen LogP contribution in [0.2, 0.25) is 0 Å². The first-order chi connectivity index (χ1) is 9.51. The maximum atomic E-state index is 13.0. The van der Waals surface area contributed by atoms with E-state index >= 15 is 0 Å². The predicted molar refractivity (Wildman–Crippen MR) is 72.4 cm³/mol. The Kier molecular flexibility index (Phi) is 4.08. The summed E-state index contributed by atoms with van der Waals surface area (Å²) >= 11 is 3.11. The monoisotopic (exact) mass is 342 g/mol. The van der Waals surface area contributed by atoms with E-state index in [1.165, 1.54) is 18.2 Å². The van der Waals surface area contributed by atoms with Crippen LogP contribution in [-0.2, 0) is 0 Å². The molecule has 0 unspecified atom stereocenters. The van der Waals surface area contributed by atoms with Gasteiger partial charge in [-0.05, 0) is 34.1 Å². The van der Waals surface area contributed by atoms with Crippen LogP contribution in [0.25, 0.3) is 0 Å². The predicted octanol–water partition coefficient (Wildman–Crippen LogP) is 3.12. The lowest BCUT2D eigenvalue weighted by Crippen LogP contribution is -2.02. The Morgan fingerprint density at radius 2 is 2.25 bits per heavy atom. The van der Waals surface area contributed by atoms with Crippen LogP contribution in [0.4, 0.5) is 16.0 Å². The van der Waals surface area contributed by atoms with Crippen molar-refractivity contribution in [3.8, 4) is 11.6 Å². The van der Waals surface area contributed by atoms with Crippen LogP contribution in [-0.4, -0.2) is 21.9 Å². The van der Waals surface area contributed by atoms with Gasteiger partial charge in [0.25, 0.3) is 0 Å². The fourth-order valence-corrected chi connectivity index (χ4v) is 1.77. The van der Waals surface area contributed by atoms with Crippen LogP contribution in [0.5, 0.6) is 11.6 Å². The SMILES string of the molecule is CNc1ncc([N+](=O)[O-])c(Oc2ccc(F)cc2Br)n1. The molecule has 0 aliphatic rings. The molecule has 0 bridgehead atoms. The first kappa shape index (κ1) is 14.1. The third-order valence-corrected chi connectivity index (χ3v) is 2.88. The van der Waals surface area contributed by atoms with E-state index in [1.54, 1.807) is 7.05 Å². The molecule has 0 atom stereocenters. The van der Waals surface area contributed by atoms with E-state index in [4.69, 9.17) is 4.74 Å². The molecule has 0 saturated carbocycles. The van der Waals surface area contributed by atoms with Crippen molar-refractivity contribution < 1.29 is 14.1 Å². The summed E-state index contributed by atoms with van der Waals surface area (Å²) in [4.78, 5) is 17.9. The van der Waals surface area contributed by atoms with Crippen molar-refractivity contribution in [1.82, 2.24) is 9.97 Å². The normalized spacial score (nSPS) is 10.2. The average molecular weight is 343 g/mol. The van der Waals surface area contributed by atoms with Gasteiger partial charge < -0.3 is 10.1 Å². The number of rotatable bonds is 4. The van der Waals surface area contributed by atoms with E-state index < -0.39 is 10.7 Å². The summed E-state index contributed by atoms with van der Waals surface area (Å²) in [7, 11) is 1.57. The van der Waals surface area contributed by atoms with Gasteiger partial charge in [-0.1, -0.05) is 0 Å². The molecule has 0 radical (unpaired) electrons. The highest BCUT2D eigenvalue weighted by Gasteiger charge is 2.20. The molecule has 0 aliphatic heterocycles. The van der Waals surface area contributed by atoms with E-state index in [2.05, 4.69) is 31.2 Å². The van der Waals surface area contributed by atoms with E-state index in [9.17, 15) is 14.5 Å². The first-order valence-electron chi connectivity index (χ1n) is 5.33. The van der Waals surface area contributed by atoms with Crippen molar-refractivity contribution in [3.05, 3.63) is 44.8 Å². The van der Waals surface area contributed by atoms with Crippen molar-refractivity contribution >= 4 is 27.6 Å². The number of aromatic nitrogens is 2.